The van der Waals surface area contributed by atoms with Crippen molar-refractivity contribution in [2.45, 2.75) is 38.7 Å². The van der Waals surface area contributed by atoms with Gasteiger partial charge in [0.25, 0.3) is 0 Å². The average Bonchev–Trinajstić information content (AvgIpc) is 2.25. The summed E-state index contributed by atoms with van der Waals surface area (Å²) >= 11 is 3.42. The van der Waals surface area contributed by atoms with Crippen LogP contribution in [0.3, 0.4) is 0 Å². The SMILES string of the molecule is CC1CCC(Oc2ccc(Br)cc2)CC1. The summed E-state index contributed by atoms with van der Waals surface area (Å²) in [5, 5.41) is 0. The first-order valence-corrected chi connectivity index (χ1v) is 6.45. The molecule has 0 saturated heterocycles. The third-order valence-corrected chi connectivity index (χ3v) is 3.61. The van der Waals surface area contributed by atoms with E-state index in [-0.39, 0.29) is 0 Å². The molecular formula is C13H17BrO. The van der Waals surface area contributed by atoms with Crippen LogP contribution in [0, 0.1) is 5.92 Å². The Balaban J connectivity index is 1.89. The topological polar surface area (TPSA) is 9.23 Å². The lowest BCUT2D eigenvalue weighted by Crippen LogP contribution is -2.22. The number of ether oxygens (including phenoxy) is 1. The molecule has 2 rings (SSSR count). The Morgan fingerprint density at radius 3 is 2.27 bits per heavy atom. The summed E-state index contributed by atoms with van der Waals surface area (Å²) in [5.74, 6) is 1.88. The van der Waals surface area contributed by atoms with Crippen LogP contribution in [-0.4, -0.2) is 6.10 Å². The number of benzene rings is 1. The zero-order valence-electron chi connectivity index (χ0n) is 9.08. The van der Waals surface area contributed by atoms with E-state index in [4.69, 9.17) is 4.74 Å². The van der Waals surface area contributed by atoms with Crippen molar-refractivity contribution < 1.29 is 4.74 Å². The Morgan fingerprint density at radius 1 is 1.07 bits per heavy atom. The molecule has 82 valence electrons. The molecule has 0 unspecified atom stereocenters. The molecule has 0 spiro atoms. The zero-order chi connectivity index (χ0) is 10.7. The molecule has 1 nitrogen and oxygen atoms in total. The second-order valence-corrected chi connectivity index (χ2v) is 5.37. The third-order valence-electron chi connectivity index (χ3n) is 3.08. The van der Waals surface area contributed by atoms with E-state index in [0.717, 1.165) is 16.1 Å². The molecule has 0 heterocycles. The predicted octanol–water partition coefficient (Wildman–Crippen LogP) is 4.41. The molecule has 15 heavy (non-hydrogen) atoms. The van der Waals surface area contributed by atoms with E-state index in [1.165, 1.54) is 25.7 Å². The molecule has 0 bridgehead atoms. The first-order chi connectivity index (χ1) is 7.24. The fraction of sp³-hybridized carbons (Fsp3) is 0.538. The molecule has 1 aliphatic rings. The lowest BCUT2D eigenvalue weighted by molar-refractivity contribution is 0.135. The molecule has 1 aromatic carbocycles. The van der Waals surface area contributed by atoms with Crippen LogP contribution in [0.1, 0.15) is 32.6 Å². The third kappa shape index (κ3) is 3.23. The van der Waals surface area contributed by atoms with E-state index in [1.807, 2.05) is 24.3 Å². The zero-order valence-corrected chi connectivity index (χ0v) is 10.7. The maximum atomic E-state index is 5.94. The molecule has 0 N–H and O–H groups in total. The summed E-state index contributed by atoms with van der Waals surface area (Å²) in [6.07, 6.45) is 5.46. The smallest absolute Gasteiger partial charge is 0.119 e. The summed E-state index contributed by atoms with van der Waals surface area (Å²) in [6, 6.07) is 8.12. The summed E-state index contributed by atoms with van der Waals surface area (Å²) in [5.41, 5.74) is 0. The average molecular weight is 269 g/mol. The largest absolute Gasteiger partial charge is 0.490 e. The van der Waals surface area contributed by atoms with Gasteiger partial charge in [0.1, 0.15) is 5.75 Å². The van der Waals surface area contributed by atoms with Gasteiger partial charge < -0.3 is 4.74 Å². The quantitative estimate of drug-likeness (QED) is 0.772. The van der Waals surface area contributed by atoms with E-state index < -0.39 is 0 Å². The Bertz CT molecular complexity index is 299. The van der Waals surface area contributed by atoms with Crippen LogP contribution in [-0.2, 0) is 0 Å². The van der Waals surface area contributed by atoms with Crippen molar-refractivity contribution >= 4 is 15.9 Å². The van der Waals surface area contributed by atoms with Gasteiger partial charge in [-0.05, 0) is 55.9 Å². The van der Waals surface area contributed by atoms with E-state index in [0.29, 0.717) is 6.10 Å². The molecule has 0 atom stereocenters. The first kappa shape index (κ1) is 11.0. The fourth-order valence-electron chi connectivity index (χ4n) is 2.05. The Hall–Kier alpha value is -0.500. The molecule has 0 amide bonds. The first-order valence-electron chi connectivity index (χ1n) is 5.66. The summed E-state index contributed by atoms with van der Waals surface area (Å²) < 4.78 is 7.04. The van der Waals surface area contributed by atoms with Crippen molar-refractivity contribution in [2.75, 3.05) is 0 Å². The predicted molar refractivity (Wildman–Crippen MR) is 66.2 cm³/mol. The molecule has 1 aliphatic carbocycles. The van der Waals surface area contributed by atoms with E-state index >= 15 is 0 Å². The molecule has 2 heteroatoms. The number of hydrogen-bond acceptors (Lipinski definition) is 1. The van der Waals surface area contributed by atoms with Gasteiger partial charge in [-0.3, -0.25) is 0 Å². The summed E-state index contributed by atoms with van der Waals surface area (Å²) in [6.45, 7) is 2.33. The Morgan fingerprint density at radius 2 is 1.67 bits per heavy atom. The van der Waals surface area contributed by atoms with Crippen molar-refractivity contribution in [1.29, 1.82) is 0 Å². The molecule has 1 saturated carbocycles. The Labute approximate surface area is 100.0 Å². The summed E-state index contributed by atoms with van der Waals surface area (Å²) in [7, 11) is 0. The lowest BCUT2D eigenvalue weighted by atomic mass is 9.89. The van der Waals surface area contributed by atoms with Gasteiger partial charge >= 0.3 is 0 Å². The van der Waals surface area contributed by atoms with Crippen LogP contribution in [0.2, 0.25) is 0 Å². The van der Waals surface area contributed by atoms with Crippen molar-refractivity contribution in [3.05, 3.63) is 28.7 Å². The normalized spacial score (nSPS) is 26.3. The van der Waals surface area contributed by atoms with Gasteiger partial charge in [-0.2, -0.15) is 0 Å². The monoisotopic (exact) mass is 268 g/mol. The van der Waals surface area contributed by atoms with Crippen LogP contribution < -0.4 is 4.74 Å². The van der Waals surface area contributed by atoms with Crippen LogP contribution >= 0.6 is 15.9 Å². The molecule has 0 aliphatic heterocycles. The van der Waals surface area contributed by atoms with Gasteiger partial charge in [-0.15, -0.1) is 0 Å². The van der Waals surface area contributed by atoms with Crippen molar-refractivity contribution in [3.8, 4) is 5.75 Å². The van der Waals surface area contributed by atoms with Crippen LogP contribution in [0.15, 0.2) is 28.7 Å². The van der Waals surface area contributed by atoms with Crippen LogP contribution in [0.25, 0.3) is 0 Å². The highest BCUT2D eigenvalue weighted by Crippen LogP contribution is 2.27. The molecule has 1 fully saturated rings. The second-order valence-electron chi connectivity index (χ2n) is 4.45. The molecule has 0 aromatic heterocycles. The highest BCUT2D eigenvalue weighted by molar-refractivity contribution is 9.10. The minimum atomic E-state index is 0.433. The van der Waals surface area contributed by atoms with E-state index in [1.54, 1.807) is 0 Å². The van der Waals surface area contributed by atoms with Gasteiger partial charge in [-0.25, -0.2) is 0 Å². The van der Waals surface area contributed by atoms with E-state index in [9.17, 15) is 0 Å². The van der Waals surface area contributed by atoms with Gasteiger partial charge in [-0.1, -0.05) is 22.9 Å². The van der Waals surface area contributed by atoms with Crippen LogP contribution in [0.5, 0.6) is 5.75 Å². The van der Waals surface area contributed by atoms with Crippen LogP contribution in [0.4, 0.5) is 0 Å². The summed E-state index contributed by atoms with van der Waals surface area (Å²) in [4.78, 5) is 0. The van der Waals surface area contributed by atoms with E-state index in [2.05, 4.69) is 22.9 Å². The van der Waals surface area contributed by atoms with Gasteiger partial charge in [0.15, 0.2) is 0 Å². The van der Waals surface area contributed by atoms with Crippen molar-refractivity contribution in [3.63, 3.8) is 0 Å². The van der Waals surface area contributed by atoms with Crippen molar-refractivity contribution in [1.82, 2.24) is 0 Å². The van der Waals surface area contributed by atoms with Crippen molar-refractivity contribution in [2.24, 2.45) is 5.92 Å². The Kier molecular flexibility index (Phi) is 3.68. The number of rotatable bonds is 2. The fourth-order valence-corrected chi connectivity index (χ4v) is 2.32. The van der Waals surface area contributed by atoms with Gasteiger partial charge in [0, 0.05) is 4.47 Å². The standard InChI is InChI=1S/C13H17BrO/c1-10-2-6-12(7-3-10)15-13-8-4-11(14)5-9-13/h4-5,8-10,12H,2-3,6-7H2,1H3. The maximum absolute atomic E-state index is 5.94. The number of halogens is 1. The number of hydrogen-bond donors (Lipinski definition) is 0. The minimum absolute atomic E-state index is 0.433. The van der Waals surface area contributed by atoms with Gasteiger partial charge in [0.05, 0.1) is 6.10 Å². The molecule has 0 radical (unpaired) electrons. The highest BCUT2D eigenvalue weighted by atomic mass is 79.9. The second kappa shape index (κ2) is 5.02. The highest BCUT2D eigenvalue weighted by Gasteiger charge is 2.19. The minimum Gasteiger partial charge on any atom is -0.490 e. The molecular weight excluding hydrogens is 252 g/mol. The molecule has 1 aromatic rings. The maximum Gasteiger partial charge on any atom is 0.119 e. The lowest BCUT2D eigenvalue weighted by Gasteiger charge is -2.26. The van der Waals surface area contributed by atoms with Gasteiger partial charge in [0.2, 0.25) is 0 Å².